The smallest absolute Gasteiger partial charge is 0.245 e. The Morgan fingerprint density at radius 1 is 1.22 bits per heavy atom. The third-order valence-electron chi connectivity index (χ3n) is 5.15. The van der Waals surface area contributed by atoms with E-state index in [1.807, 2.05) is 40.7 Å². The number of para-hydroxylation sites is 2. The molecule has 2 fully saturated rings. The molecule has 1 atom stereocenters. The fourth-order valence-corrected chi connectivity index (χ4v) is 3.49. The largest absolute Gasteiger partial charge is 0.338 e. The molecule has 1 aliphatic carbocycles. The second kappa shape index (κ2) is 5.96. The fourth-order valence-electron chi connectivity index (χ4n) is 3.49. The molecule has 2 heterocycles. The van der Waals surface area contributed by atoms with Gasteiger partial charge in [0.05, 0.1) is 17.4 Å². The number of aromatic nitrogens is 2. The van der Waals surface area contributed by atoms with Gasteiger partial charge in [0.15, 0.2) is 0 Å². The van der Waals surface area contributed by atoms with Gasteiger partial charge in [-0.2, -0.15) is 0 Å². The van der Waals surface area contributed by atoms with Crippen LogP contribution in [0.15, 0.2) is 30.6 Å². The highest BCUT2D eigenvalue weighted by atomic mass is 16.2. The number of hydrogen-bond donors (Lipinski definition) is 0. The van der Waals surface area contributed by atoms with Crippen molar-refractivity contribution in [3.8, 4) is 0 Å². The minimum absolute atomic E-state index is 0.197. The van der Waals surface area contributed by atoms with E-state index in [1.54, 1.807) is 6.33 Å². The van der Waals surface area contributed by atoms with E-state index in [2.05, 4.69) is 9.88 Å². The van der Waals surface area contributed by atoms with Crippen molar-refractivity contribution in [2.75, 3.05) is 32.7 Å². The molecule has 0 unspecified atom stereocenters. The van der Waals surface area contributed by atoms with Crippen molar-refractivity contribution in [1.82, 2.24) is 19.4 Å². The molecule has 23 heavy (non-hydrogen) atoms. The summed E-state index contributed by atoms with van der Waals surface area (Å²) in [6, 6.07) is 7.79. The summed E-state index contributed by atoms with van der Waals surface area (Å²) in [6.07, 6.45) is 4.57. The van der Waals surface area contributed by atoms with Crippen molar-refractivity contribution in [2.24, 2.45) is 5.92 Å². The summed E-state index contributed by atoms with van der Waals surface area (Å²) < 4.78 is 1.99. The molecular weight excluding hydrogens is 288 g/mol. The lowest BCUT2D eigenvalue weighted by atomic mass is 10.2. The van der Waals surface area contributed by atoms with Gasteiger partial charge in [-0.25, -0.2) is 4.98 Å². The van der Waals surface area contributed by atoms with Crippen molar-refractivity contribution >= 4 is 16.9 Å². The first-order chi connectivity index (χ1) is 11.2. The molecule has 0 radical (unpaired) electrons. The highest BCUT2D eigenvalue weighted by molar-refractivity contribution is 5.83. The number of carbonyl (C=O) groups excluding carboxylic acids is 1. The van der Waals surface area contributed by atoms with Gasteiger partial charge >= 0.3 is 0 Å². The maximum atomic E-state index is 12.8. The van der Waals surface area contributed by atoms with Crippen molar-refractivity contribution in [1.29, 1.82) is 0 Å². The van der Waals surface area contributed by atoms with Crippen LogP contribution in [0.3, 0.4) is 0 Å². The summed E-state index contributed by atoms with van der Waals surface area (Å²) in [5, 5.41) is 0. The molecule has 2 aromatic rings. The van der Waals surface area contributed by atoms with E-state index < -0.39 is 0 Å². The number of fused-ring (bicyclic) bond motifs is 1. The van der Waals surface area contributed by atoms with Gasteiger partial charge in [0.25, 0.3) is 0 Å². The molecule has 4 rings (SSSR count). The average Bonchev–Trinajstić information content (AvgIpc) is 3.30. The molecule has 1 aromatic heterocycles. The average molecular weight is 312 g/mol. The van der Waals surface area contributed by atoms with Gasteiger partial charge in [-0.1, -0.05) is 12.1 Å². The van der Waals surface area contributed by atoms with Crippen molar-refractivity contribution < 1.29 is 4.79 Å². The van der Waals surface area contributed by atoms with Gasteiger partial charge in [-0.15, -0.1) is 0 Å². The summed E-state index contributed by atoms with van der Waals surface area (Å²) in [4.78, 5) is 21.8. The predicted molar refractivity (Wildman–Crippen MR) is 90.2 cm³/mol. The second-order valence-electron chi connectivity index (χ2n) is 6.89. The third-order valence-corrected chi connectivity index (χ3v) is 5.15. The SMILES string of the molecule is C[C@H](C(=O)N1CCN(CC2CC2)CC1)n1cnc2ccccc21. The quantitative estimate of drug-likeness (QED) is 0.869. The maximum absolute atomic E-state index is 12.8. The lowest BCUT2D eigenvalue weighted by Gasteiger charge is -2.36. The highest BCUT2D eigenvalue weighted by Crippen LogP contribution is 2.30. The highest BCUT2D eigenvalue weighted by Gasteiger charge is 2.29. The van der Waals surface area contributed by atoms with Gasteiger partial charge < -0.3 is 9.47 Å². The van der Waals surface area contributed by atoms with E-state index in [1.165, 1.54) is 19.4 Å². The molecule has 122 valence electrons. The van der Waals surface area contributed by atoms with E-state index >= 15 is 0 Å². The van der Waals surface area contributed by atoms with Crippen LogP contribution in [0.25, 0.3) is 11.0 Å². The summed E-state index contributed by atoms with van der Waals surface area (Å²) in [5.74, 6) is 1.13. The van der Waals surface area contributed by atoms with Crippen LogP contribution in [0.4, 0.5) is 0 Å². The Labute approximate surface area is 136 Å². The summed E-state index contributed by atoms with van der Waals surface area (Å²) in [5.41, 5.74) is 1.97. The van der Waals surface area contributed by atoms with Crippen molar-refractivity contribution in [2.45, 2.75) is 25.8 Å². The van der Waals surface area contributed by atoms with Crippen LogP contribution in [-0.4, -0.2) is 58.0 Å². The Bertz CT molecular complexity index is 698. The van der Waals surface area contributed by atoms with Crippen LogP contribution in [-0.2, 0) is 4.79 Å². The number of imidazole rings is 1. The van der Waals surface area contributed by atoms with Crippen molar-refractivity contribution in [3.63, 3.8) is 0 Å². The Morgan fingerprint density at radius 2 is 1.96 bits per heavy atom. The zero-order valence-corrected chi connectivity index (χ0v) is 13.7. The molecule has 1 saturated carbocycles. The Balaban J connectivity index is 1.42. The van der Waals surface area contributed by atoms with Crippen LogP contribution < -0.4 is 0 Å². The molecule has 1 saturated heterocycles. The molecular formula is C18H24N4O. The first-order valence-electron chi connectivity index (χ1n) is 8.65. The van der Waals surface area contributed by atoms with E-state index in [9.17, 15) is 4.79 Å². The van der Waals surface area contributed by atoms with E-state index in [-0.39, 0.29) is 11.9 Å². The molecule has 1 aliphatic heterocycles. The first-order valence-corrected chi connectivity index (χ1v) is 8.65. The number of hydrogen-bond acceptors (Lipinski definition) is 3. The standard InChI is InChI=1S/C18H24N4O/c1-14(22-13-19-16-4-2-3-5-17(16)22)18(23)21-10-8-20(9-11-21)12-15-6-7-15/h2-5,13-15H,6-12H2,1H3/t14-/m1/s1. The minimum Gasteiger partial charge on any atom is -0.338 e. The Hall–Kier alpha value is -1.88. The second-order valence-corrected chi connectivity index (χ2v) is 6.89. The van der Waals surface area contributed by atoms with Gasteiger partial charge in [0.2, 0.25) is 5.91 Å². The third kappa shape index (κ3) is 2.98. The van der Waals surface area contributed by atoms with Crippen LogP contribution in [0.1, 0.15) is 25.8 Å². The first kappa shape index (κ1) is 14.7. The summed E-state index contributed by atoms with van der Waals surface area (Å²) >= 11 is 0. The lowest BCUT2D eigenvalue weighted by molar-refractivity contribution is -0.136. The number of carbonyl (C=O) groups is 1. The van der Waals surface area contributed by atoms with Gasteiger partial charge in [0, 0.05) is 32.7 Å². The normalized spacial score (nSPS) is 20.8. The van der Waals surface area contributed by atoms with Crippen LogP contribution in [0, 0.1) is 5.92 Å². The maximum Gasteiger partial charge on any atom is 0.245 e. The van der Waals surface area contributed by atoms with Gasteiger partial charge in [-0.05, 0) is 37.8 Å². The molecule has 0 bridgehead atoms. The number of amides is 1. The molecule has 1 amide bonds. The molecule has 1 aromatic carbocycles. The number of piperazine rings is 1. The Kier molecular flexibility index (Phi) is 3.81. The lowest BCUT2D eigenvalue weighted by Crippen LogP contribution is -2.50. The van der Waals surface area contributed by atoms with Crippen LogP contribution in [0.2, 0.25) is 0 Å². The molecule has 0 spiro atoms. The van der Waals surface area contributed by atoms with Crippen LogP contribution >= 0.6 is 0 Å². The summed E-state index contributed by atoms with van der Waals surface area (Å²) in [6.45, 7) is 6.93. The predicted octanol–water partition coefficient (Wildman–Crippen LogP) is 2.15. The van der Waals surface area contributed by atoms with Gasteiger partial charge in [0.1, 0.15) is 6.04 Å². The Morgan fingerprint density at radius 3 is 2.70 bits per heavy atom. The molecule has 0 N–H and O–H groups in total. The number of nitrogens with zero attached hydrogens (tertiary/aromatic N) is 4. The molecule has 2 aliphatic rings. The fraction of sp³-hybridized carbons (Fsp3) is 0.556. The van der Waals surface area contributed by atoms with Gasteiger partial charge in [-0.3, -0.25) is 9.69 Å². The summed E-state index contributed by atoms with van der Waals surface area (Å²) in [7, 11) is 0. The zero-order valence-electron chi connectivity index (χ0n) is 13.7. The van der Waals surface area contributed by atoms with E-state index in [0.29, 0.717) is 0 Å². The van der Waals surface area contributed by atoms with Crippen LogP contribution in [0.5, 0.6) is 0 Å². The molecule has 5 nitrogen and oxygen atoms in total. The van der Waals surface area contributed by atoms with E-state index in [4.69, 9.17) is 0 Å². The monoisotopic (exact) mass is 312 g/mol. The minimum atomic E-state index is -0.197. The molecule has 5 heteroatoms. The number of rotatable bonds is 4. The van der Waals surface area contributed by atoms with E-state index in [0.717, 1.165) is 43.1 Å². The number of benzene rings is 1. The topological polar surface area (TPSA) is 41.4 Å². The van der Waals surface area contributed by atoms with Crippen molar-refractivity contribution in [3.05, 3.63) is 30.6 Å². The zero-order chi connectivity index (χ0) is 15.8.